The van der Waals surface area contributed by atoms with Crippen LogP contribution in [0.2, 0.25) is 5.02 Å². The second-order valence-electron chi connectivity index (χ2n) is 3.71. The van der Waals surface area contributed by atoms with Crippen molar-refractivity contribution in [1.82, 2.24) is 0 Å². The van der Waals surface area contributed by atoms with Crippen LogP contribution in [0.1, 0.15) is 24.8 Å². The van der Waals surface area contributed by atoms with Crippen molar-refractivity contribution < 1.29 is 4.74 Å². The van der Waals surface area contributed by atoms with Crippen LogP contribution in [0.25, 0.3) is 0 Å². The molecule has 0 atom stereocenters. The molecule has 1 aliphatic rings. The molecule has 1 fully saturated rings. The summed E-state index contributed by atoms with van der Waals surface area (Å²) in [5.41, 5.74) is 7.39. The average molecular weight is 212 g/mol. The number of rotatable bonds is 3. The predicted molar refractivity (Wildman–Crippen MR) is 58.3 cm³/mol. The van der Waals surface area contributed by atoms with Crippen LogP contribution in [-0.4, -0.2) is 6.10 Å². The van der Waals surface area contributed by atoms with Gasteiger partial charge in [-0.15, -0.1) is 0 Å². The second-order valence-corrected chi connectivity index (χ2v) is 4.12. The molecule has 1 aromatic carbocycles. The van der Waals surface area contributed by atoms with E-state index in [0.29, 0.717) is 12.7 Å². The van der Waals surface area contributed by atoms with Gasteiger partial charge in [-0.05, 0) is 43.0 Å². The molecule has 0 radical (unpaired) electrons. The summed E-state index contributed by atoms with van der Waals surface area (Å²) in [6, 6.07) is 5.49. The zero-order chi connectivity index (χ0) is 9.97. The number of hydrogen-bond donors (Lipinski definition) is 1. The summed E-state index contributed by atoms with van der Waals surface area (Å²) in [4.78, 5) is 0. The van der Waals surface area contributed by atoms with E-state index < -0.39 is 0 Å². The minimum atomic E-state index is 0.437. The third kappa shape index (κ3) is 2.20. The zero-order valence-electron chi connectivity index (χ0n) is 8.00. The summed E-state index contributed by atoms with van der Waals surface area (Å²) in [5, 5.41) is 0.735. The lowest BCUT2D eigenvalue weighted by molar-refractivity contribution is -0.00860. The first kappa shape index (κ1) is 9.81. The van der Waals surface area contributed by atoms with E-state index >= 15 is 0 Å². The largest absolute Gasteiger partial charge is 0.399 e. The maximum absolute atomic E-state index is 6.01. The third-order valence-corrected chi connectivity index (χ3v) is 2.97. The van der Waals surface area contributed by atoms with Gasteiger partial charge in [0.2, 0.25) is 0 Å². The van der Waals surface area contributed by atoms with Crippen LogP contribution >= 0.6 is 11.6 Å². The number of nitrogen functional groups attached to an aromatic ring is 1. The Labute approximate surface area is 89.0 Å². The fourth-order valence-electron chi connectivity index (χ4n) is 1.45. The normalized spacial score (nSPS) is 16.6. The minimum Gasteiger partial charge on any atom is -0.399 e. The van der Waals surface area contributed by atoms with E-state index in [1.54, 1.807) is 6.07 Å². The Morgan fingerprint density at radius 2 is 2.21 bits per heavy atom. The van der Waals surface area contributed by atoms with Crippen molar-refractivity contribution in [2.75, 3.05) is 5.73 Å². The van der Waals surface area contributed by atoms with E-state index in [4.69, 9.17) is 22.1 Å². The average Bonchev–Trinajstić information content (AvgIpc) is 2.08. The van der Waals surface area contributed by atoms with E-state index in [1.165, 1.54) is 19.3 Å². The smallest absolute Gasteiger partial charge is 0.0735 e. The highest BCUT2D eigenvalue weighted by molar-refractivity contribution is 6.31. The van der Waals surface area contributed by atoms with Gasteiger partial charge < -0.3 is 10.5 Å². The van der Waals surface area contributed by atoms with E-state index in [9.17, 15) is 0 Å². The molecule has 1 saturated carbocycles. The number of hydrogen-bond acceptors (Lipinski definition) is 2. The van der Waals surface area contributed by atoms with Gasteiger partial charge in [0.15, 0.2) is 0 Å². The lowest BCUT2D eigenvalue weighted by Crippen LogP contribution is -2.21. The molecule has 0 aromatic heterocycles. The van der Waals surface area contributed by atoms with Gasteiger partial charge in [0.1, 0.15) is 0 Å². The maximum Gasteiger partial charge on any atom is 0.0735 e. The van der Waals surface area contributed by atoms with Gasteiger partial charge in [-0.3, -0.25) is 0 Å². The summed E-state index contributed by atoms with van der Waals surface area (Å²) in [7, 11) is 0. The first-order valence-corrected chi connectivity index (χ1v) is 5.29. The molecule has 14 heavy (non-hydrogen) atoms. The Morgan fingerprint density at radius 1 is 1.43 bits per heavy atom. The molecular formula is C11H14ClNO. The van der Waals surface area contributed by atoms with Gasteiger partial charge in [0.05, 0.1) is 12.7 Å². The van der Waals surface area contributed by atoms with Crippen LogP contribution < -0.4 is 5.73 Å². The number of nitrogens with two attached hydrogens (primary N) is 1. The summed E-state index contributed by atoms with van der Waals surface area (Å²) in [6.07, 6.45) is 4.09. The molecule has 0 saturated heterocycles. The number of anilines is 1. The van der Waals surface area contributed by atoms with Gasteiger partial charge in [-0.1, -0.05) is 11.6 Å². The van der Waals surface area contributed by atoms with Gasteiger partial charge in [0, 0.05) is 10.7 Å². The Balaban J connectivity index is 1.96. The number of ether oxygens (including phenoxy) is 1. The third-order valence-electron chi connectivity index (χ3n) is 2.60. The fraction of sp³-hybridized carbons (Fsp3) is 0.455. The maximum atomic E-state index is 6.01. The van der Waals surface area contributed by atoms with Crippen LogP contribution in [0.3, 0.4) is 0 Å². The molecule has 0 aliphatic heterocycles. The number of halogens is 1. The van der Waals surface area contributed by atoms with E-state index in [0.717, 1.165) is 16.3 Å². The molecule has 76 valence electrons. The first-order chi connectivity index (χ1) is 6.75. The van der Waals surface area contributed by atoms with Gasteiger partial charge in [-0.25, -0.2) is 0 Å². The van der Waals surface area contributed by atoms with Gasteiger partial charge >= 0.3 is 0 Å². The first-order valence-electron chi connectivity index (χ1n) is 4.91. The molecule has 0 bridgehead atoms. The molecular weight excluding hydrogens is 198 g/mol. The Morgan fingerprint density at radius 3 is 2.86 bits per heavy atom. The highest BCUT2D eigenvalue weighted by Gasteiger charge is 2.18. The van der Waals surface area contributed by atoms with Crippen LogP contribution in [0.15, 0.2) is 18.2 Å². The second kappa shape index (κ2) is 4.20. The predicted octanol–water partition coefficient (Wildman–Crippen LogP) is 2.99. The van der Waals surface area contributed by atoms with Crippen molar-refractivity contribution in [1.29, 1.82) is 0 Å². The van der Waals surface area contributed by atoms with Crippen LogP contribution in [0.4, 0.5) is 5.69 Å². The number of benzene rings is 1. The van der Waals surface area contributed by atoms with E-state index in [-0.39, 0.29) is 0 Å². The zero-order valence-corrected chi connectivity index (χ0v) is 8.76. The summed E-state index contributed by atoms with van der Waals surface area (Å²) < 4.78 is 5.66. The Kier molecular flexibility index (Phi) is 2.94. The lowest BCUT2D eigenvalue weighted by atomic mass is 9.96. The van der Waals surface area contributed by atoms with Crippen molar-refractivity contribution in [3.8, 4) is 0 Å². The van der Waals surface area contributed by atoms with E-state index in [2.05, 4.69) is 0 Å². The van der Waals surface area contributed by atoms with Crippen LogP contribution in [0.5, 0.6) is 0 Å². The molecule has 2 N–H and O–H groups in total. The molecule has 3 heteroatoms. The van der Waals surface area contributed by atoms with Crippen molar-refractivity contribution in [3.63, 3.8) is 0 Å². The van der Waals surface area contributed by atoms with Crippen molar-refractivity contribution in [3.05, 3.63) is 28.8 Å². The Hall–Kier alpha value is -0.730. The summed E-state index contributed by atoms with van der Waals surface area (Å²) >= 11 is 6.01. The molecule has 1 aliphatic carbocycles. The monoisotopic (exact) mass is 211 g/mol. The highest BCUT2D eigenvalue weighted by atomic mass is 35.5. The van der Waals surface area contributed by atoms with Gasteiger partial charge in [0.25, 0.3) is 0 Å². The standard InChI is InChI=1S/C11H14ClNO/c12-11-5-4-9(13)6-8(11)7-14-10-2-1-3-10/h4-6,10H,1-3,7,13H2. The van der Waals surface area contributed by atoms with Crippen LogP contribution in [0, 0.1) is 0 Å². The fourth-order valence-corrected chi connectivity index (χ4v) is 1.62. The molecule has 2 nitrogen and oxygen atoms in total. The highest BCUT2D eigenvalue weighted by Crippen LogP contribution is 2.25. The van der Waals surface area contributed by atoms with Crippen molar-refractivity contribution >= 4 is 17.3 Å². The Bertz CT molecular complexity index is 323. The molecule has 0 unspecified atom stereocenters. The SMILES string of the molecule is Nc1ccc(Cl)c(COC2CCC2)c1. The van der Waals surface area contributed by atoms with Crippen LogP contribution in [-0.2, 0) is 11.3 Å². The van der Waals surface area contributed by atoms with Crippen molar-refractivity contribution in [2.45, 2.75) is 32.0 Å². The summed E-state index contributed by atoms with van der Waals surface area (Å²) in [5.74, 6) is 0. The summed E-state index contributed by atoms with van der Waals surface area (Å²) in [6.45, 7) is 0.578. The molecule has 1 aromatic rings. The molecule has 2 rings (SSSR count). The minimum absolute atomic E-state index is 0.437. The molecule has 0 amide bonds. The van der Waals surface area contributed by atoms with Crippen molar-refractivity contribution in [2.24, 2.45) is 0 Å². The molecule has 0 spiro atoms. The lowest BCUT2D eigenvalue weighted by Gasteiger charge is -2.25. The molecule has 0 heterocycles. The topological polar surface area (TPSA) is 35.2 Å². The quantitative estimate of drug-likeness (QED) is 0.781. The van der Waals surface area contributed by atoms with E-state index in [1.807, 2.05) is 12.1 Å². The van der Waals surface area contributed by atoms with Gasteiger partial charge in [-0.2, -0.15) is 0 Å².